The molecule has 7 nitrogen and oxygen atoms in total. The summed E-state index contributed by atoms with van der Waals surface area (Å²) >= 11 is 3.15. The minimum absolute atomic E-state index is 0.208. The second-order valence-corrected chi connectivity index (χ2v) is 8.60. The van der Waals surface area contributed by atoms with Crippen LogP contribution in [0, 0.1) is 0 Å². The highest BCUT2D eigenvalue weighted by Gasteiger charge is 2.34. The molecule has 1 unspecified atom stereocenters. The normalized spacial score (nSPS) is 15.5. The zero-order chi connectivity index (χ0) is 21.8. The van der Waals surface area contributed by atoms with E-state index in [9.17, 15) is 9.59 Å². The van der Waals surface area contributed by atoms with E-state index in [0.717, 1.165) is 15.5 Å². The van der Waals surface area contributed by atoms with Crippen molar-refractivity contribution < 1.29 is 23.8 Å². The number of esters is 1. The molecule has 0 fully saturated rings. The fourth-order valence-electron chi connectivity index (χ4n) is 3.24. The third kappa shape index (κ3) is 4.62. The van der Waals surface area contributed by atoms with Crippen LogP contribution >= 0.6 is 22.7 Å². The molecule has 1 amide bonds. The van der Waals surface area contributed by atoms with Crippen LogP contribution < -0.4 is 9.47 Å². The summed E-state index contributed by atoms with van der Waals surface area (Å²) in [4.78, 5) is 27.5. The number of nitrogens with zero attached hydrogens (tertiary/aromatic N) is 2. The maximum atomic E-state index is 12.9. The monoisotopic (exact) mass is 456 g/mol. The Morgan fingerprint density at radius 1 is 1.06 bits per heavy atom. The van der Waals surface area contributed by atoms with Gasteiger partial charge in [0, 0.05) is 17.4 Å². The Morgan fingerprint density at radius 2 is 1.77 bits per heavy atom. The van der Waals surface area contributed by atoms with E-state index in [1.165, 1.54) is 31.4 Å². The highest BCUT2D eigenvalue weighted by molar-refractivity contribution is 7.12. The maximum Gasteiger partial charge on any atom is 0.338 e. The summed E-state index contributed by atoms with van der Waals surface area (Å²) in [5, 5.41) is 9.94. The summed E-state index contributed by atoms with van der Waals surface area (Å²) in [6, 6.07) is 12.4. The molecule has 0 N–H and O–H groups in total. The molecule has 1 atom stereocenters. The number of hydrogen-bond donors (Lipinski definition) is 0. The van der Waals surface area contributed by atoms with E-state index in [0.29, 0.717) is 17.9 Å². The molecular formula is C22H20N2O5S2. The van der Waals surface area contributed by atoms with Crippen molar-refractivity contribution in [2.24, 2.45) is 5.10 Å². The number of rotatable bonds is 7. The summed E-state index contributed by atoms with van der Waals surface area (Å²) in [6.45, 7) is -0.415. The number of methoxy groups -OCH3 is 2. The standard InChI is InChI=1S/C22H20N2O5S2/c1-27-15-9-14(10-16(11-15)28-2)22(26)29-13-21(25)24-18(20-6-4-8-31-20)12-17(23-24)19-5-3-7-30-19/h3-11,18H,12-13H2,1-2H3. The first-order chi connectivity index (χ1) is 15.1. The van der Waals surface area contributed by atoms with Crippen molar-refractivity contribution in [1.29, 1.82) is 0 Å². The number of hydrazone groups is 1. The van der Waals surface area contributed by atoms with Gasteiger partial charge in [-0.2, -0.15) is 5.10 Å². The Bertz CT molecular complexity index is 1070. The molecule has 1 aliphatic heterocycles. The number of ether oxygens (including phenoxy) is 3. The van der Waals surface area contributed by atoms with Gasteiger partial charge in [-0.05, 0) is 35.0 Å². The molecule has 0 saturated carbocycles. The Balaban J connectivity index is 1.49. The first kappa shape index (κ1) is 21.1. The molecule has 31 heavy (non-hydrogen) atoms. The van der Waals surface area contributed by atoms with E-state index in [2.05, 4.69) is 5.10 Å². The van der Waals surface area contributed by atoms with Crippen molar-refractivity contribution in [3.63, 3.8) is 0 Å². The summed E-state index contributed by atoms with van der Waals surface area (Å²) in [5.74, 6) is -0.103. The molecular weight excluding hydrogens is 436 g/mol. The lowest BCUT2D eigenvalue weighted by Crippen LogP contribution is -2.31. The van der Waals surface area contributed by atoms with Gasteiger partial charge in [-0.3, -0.25) is 4.79 Å². The van der Waals surface area contributed by atoms with Crippen LogP contribution in [0.4, 0.5) is 0 Å². The maximum absolute atomic E-state index is 12.9. The van der Waals surface area contributed by atoms with Crippen LogP contribution in [-0.2, 0) is 9.53 Å². The first-order valence-electron chi connectivity index (χ1n) is 9.46. The Kier molecular flexibility index (Phi) is 6.34. The van der Waals surface area contributed by atoms with Crippen molar-refractivity contribution in [2.75, 3.05) is 20.8 Å². The van der Waals surface area contributed by atoms with Gasteiger partial charge in [0.05, 0.1) is 36.4 Å². The molecule has 0 aliphatic carbocycles. The molecule has 2 aromatic heterocycles. The van der Waals surface area contributed by atoms with E-state index in [1.807, 2.05) is 35.0 Å². The number of amides is 1. The minimum atomic E-state index is -0.639. The van der Waals surface area contributed by atoms with Gasteiger partial charge in [0.25, 0.3) is 5.91 Å². The van der Waals surface area contributed by atoms with Gasteiger partial charge in [-0.25, -0.2) is 9.80 Å². The molecule has 1 aromatic carbocycles. The van der Waals surface area contributed by atoms with Gasteiger partial charge in [-0.15, -0.1) is 22.7 Å². The third-order valence-electron chi connectivity index (χ3n) is 4.76. The second kappa shape index (κ2) is 9.32. The van der Waals surface area contributed by atoms with Gasteiger partial charge >= 0.3 is 5.97 Å². The second-order valence-electron chi connectivity index (χ2n) is 6.68. The predicted octanol–water partition coefficient (Wildman–Crippen LogP) is 4.36. The molecule has 1 aliphatic rings. The zero-order valence-electron chi connectivity index (χ0n) is 16.9. The molecule has 0 spiro atoms. The van der Waals surface area contributed by atoms with E-state index < -0.39 is 12.6 Å². The average molecular weight is 457 g/mol. The van der Waals surface area contributed by atoms with Crippen LogP contribution in [0.5, 0.6) is 11.5 Å². The molecule has 3 heterocycles. The van der Waals surface area contributed by atoms with Crippen molar-refractivity contribution in [3.05, 3.63) is 68.5 Å². The van der Waals surface area contributed by atoms with Gasteiger partial charge in [0.2, 0.25) is 0 Å². The highest BCUT2D eigenvalue weighted by Crippen LogP contribution is 2.36. The fourth-order valence-corrected chi connectivity index (χ4v) is 4.77. The summed E-state index contributed by atoms with van der Waals surface area (Å²) < 4.78 is 15.6. The number of carbonyl (C=O) groups is 2. The largest absolute Gasteiger partial charge is 0.497 e. The molecule has 3 aromatic rings. The van der Waals surface area contributed by atoms with E-state index in [1.54, 1.807) is 28.7 Å². The van der Waals surface area contributed by atoms with Crippen LogP contribution in [0.15, 0.2) is 58.3 Å². The number of carbonyl (C=O) groups excluding carboxylic acids is 2. The minimum Gasteiger partial charge on any atom is -0.497 e. The summed E-state index contributed by atoms with van der Waals surface area (Å²) in [6.07, 6.45) is 0.619. The number of thiophene rings is 2. The van der Waals surface area contributed by atoms with E-state index in [4.69, 9.17) is 14.2 Å². The SMILES string of the molecule is COc1cc(OC)cc(C(=O)OCC(=O)N2N=C(c3cccs3)CC2c2cccs2)c1. The topological polar surface area (TPSA) is 77.4 Å². The molecule has 0 bridgehead atoms. The third-order valence-corrected chi connectivity index (χ3v) is 6.65. The Hall–Kier alpha value is -3.17. The summed E-state index contributed by atoms with van der Waals surface area (Å²) in [7, 11) is 2.99. The van der Waals surface area contributed by atoms with Gasteiger partial charge < -0.3 is 14.2 Å². The lowest BCUT2D eigenvalue weighted by Gasteiger charge is -2.20. The molecule has 9 heteroatoms. The molecule has 0 saturated heterocycles. The van der Waals surface area contributed by atoms with Crippen LogP contribution in [-0.4, -0.2) is 43.4 Å². The van der Waals surface area contributed by atoms with Crippen molar-refractivity contribution >= 4 is 40.3 Å². The number of hydrogen-bond acceptors (Lipinski definition) is 8. The van der Waals surface area contributed by atoms with Gasteiger partial charge in [0.15, 0.2) is 6.61 Å². The Morgan fingerprint density at radius 3 is 2.39 bits per heavy atom. The predicted molar refractivity (Wildman–Crippen MR) is 119 cm³/mol. The quantitative estimate of drug-likeness (QED) is 0.494. The van der Waals surface area contributed by atoms with Gasteiger partial charge in [0.1, 0.15) is 11.5 Å². The smallest absolute Gasteiger partial charge is 0.338 e. The fraction of sp³-hybridized carbons (Fsp3) is 0.227. The van der Waals surface area contributed by atoms with E-state index >= 15 is 0 Å². The van der Waals surface area contributed by atoms with Crippen LogP contribution in [0.25, 0.3) is 0 Å². The van der Waals surface area contributed by atoms with Crippen LogP contribution in [0.1, 0.15) is 32.6 Å². The zero-order valence-corrected chi connectivity index (χ0v) is 18.6. The Labute approximate surface area is 187 Å². The average Bonchev–Trinajstić information content (AvgIpc) is 3.56. The molecule has 0 radical (unpaired) electrons. The van der Waals surface area contributed by atoms with Crippen molar-refractivity contribution in [3.8, 4) is 11.5 Å². The van der Waals surface area contributed by atoms with Crippen molar-refractivity contribution in [2.45, 2.75) is 12.5 Å². The first-order valence-corrected chi connectivity index (χ1v) is 11.2. The van der Waals surface area contributed by atoms with E-state index in [-0.39, 0.29) is 17.5 Å². The molecule has 160 valence electrons. The van der Waals surface area contributed by atoms with Crippen LogP contribution in [0.2, 0.25) is 0 Å². The lowest BCUT2D eigenvalue weighted by atomic mass is 10.1. The molecule has 4 rings (SSSR count). The lowest BCUT2D eigenvalue weighted by molar-refractivity contribution is -0.136. The highest BCUT2D eigenvalue weighted by atomic mass is 32.1. The van der Waals surface area contributed by atoms with Crippen LogP contribution in [0.3, 0.4) is 0 Å². The summed E-state index contributed by atoms with van der Waals surface area (Å²) in [5.41, 5.74) is 1.09. The van der Waals surface area contributed by atoms with Gasteiger partial charge in [-0.1, -0.05) is 12.1 Å². The number of benzene rings is 1. The van der Waals surface area contributed by atoms with Crippen molar-refractivity contribution in [1.82, 2.24) is 5.01 Å².